The maximum atomic E-state index is 11.2. The van der Waals surface area contributed by atoms with Crippen LogP contribution >= 0.6 is 8.03 Å². The van der Waals surface area contributed by atoms with Crippen LogP contribution in [0.4, 0.5) is 0 Å². The first-order valence-corrected chi connectivity index (χ1v) is 5.21. The van der Waals surface area contributed by atoms with Gasteiger partial charge in [-0.1, -0.05) is 13.8 Å². The molecule has 4 heteroatoms. The van der Waals surface area contributed by atoms with E-state index >= 15 is 0 Å². The highest BCUT2D eigenvalue weighted by Crippen LogP contribution is 2.33. The van der Waals surface area contributed by atoms with Crippen LogP contribution in [0.2, 0.25) is 0 Å². The summed E-state index contributed by atoms with van der Waals surface area (Å²) >= 11 is 0. The minimum atomic E-state index is -1.56. The van der Waals surface area contributed by atoms with Crippen molar-refractivity contribution in [3.63, 3.8) is 0 Å². The summed E-state index contributed by atoms with van der Waals surface area (Å²) in [6.07, 6.45) is 1.74. The van der Waals surface area contributed by atoms with Crippen LogP contribution in [-0.2, 0) is 9.09 Å². The lowest BCUT2D eigenvalue weighted by molar-refractivity contribution is 0.206. The van der Waals surface area contributed by atoms with Crippen LogP contribution in [-0.4, -0.2) is 24.0 Å². The highest BCUT2D eigenvalue weighted by Gasteiger charge is 2.28. The molecule has 1 atom stereocenters. The zero-order chi connectivity index (χ0) is 8.69. The van der Waals surface area contributed by atoms with Gasteiger partial charge in [0.1, 0.15) is 6.61 Å². The van der Waals surface area contributed by atoms with Crippen LogP contribution in [0.5, 0.6) is 0 Å². The van der Waals surface area contributed by atoms with E-state index in [0.29, 0.717) is 0 Å². The topological polar surface area (TPSA) is 46.5 Å². The first-order valence-electron chi connectivity index (χ1n) is 3.96. The highest BCUT2D eigenvalue weighted by atomic mass is 31.1. The molecule has 0 heterocycles. The normalized spacial score (nSPS) is 12.2. The average Bonchev–Trinajstić information content (AvgIpc) is 2.03. The van der Waals surface area contributed by atoms with Crippen molar-refractivity contribution in [2.24, 2.45) is 0 Å². The van der Waals surface area contributed by atoms with Crippen LogP contribution in [0.3, 0.4) is 0 Å². The molecule has 0 aliphatic rings. The van der Waals surface area contributed by atoms with Gasteiger partial charge in [-0.15, -0.1) is 4.52 Å². The third-order valence-electron chi connectivity index (χ3n) is 1.55. The molecule has 0 aromatic rings. The molecule has 1 N–H and O–H groups in total. The molecule has 0 bridgehead atoms. The Bertz CT molecular complexity index is 112. The lowest BCUT2D eigenvalue weighted by Crippen LogP contribution is -2.02. The summed E-state index contributed by atoms with van der Waals surface area (Å²) in [5.41, 5.74) is 0.150. The minimum Gasteiger partial charge on any atom is -0.394 e. The number of hydrogen-bond donors (Lipinski definition) is 1. The Hall–Kier alpha value is 0.0200. The van der Waals surface area contributed by atoms with E-state index in [4.69, 9.17) is 9.63 Å². The Morgan fingerprint density at radius 1 is 1.45 bits per heavy atom. The zero-order valence-electron chi connectivity index (χ0n) is 7.12. The first kappa shape index (κ1) is 11.0. The van der Waals surface area contributed by atoms with Gasteiger partial charge in [-0.2, -0.15) is 0 Å². The molecule has 3 nitrogen and oxygen atoms in total. The molecule has 0 rings (SSSR count). The minimum absolute atomic E-state index is 0.0543. The Morgan fingerprint density at radius 3 is 2.36 bits per heavy atom. The third-order valence-corrected chi connectivity index (χ3v) is 3.31. The molecular weight excluding hydrogens is 163 g/mol. The van der Waals surface area contributed by atoms with Gasteiger partial charge >= 0.3 is 8.03 Å². The second kappa shape index (κ2) is 6.71. The molecule has 0 fully saturated rings. The monoisotopic (exact) mass is 179 g/mol. The fraction of sp³-hybridized carbons (Fsp3) is 1.00. The molecule has 0 aromatic carbocycles. The summed E-state index contributed by atoms with van der Waals surface area (Å²) < 4.78 is 16.1. The predicted molar refractivity (Wildman–Crippen MR) is 45.0 cm³/mol. The Morgan fingerprint density at radius 2 is 2.00 bits per heavy atom. The molecule has 11 heavy (non-hydrogen) atoms. The standard InChI is InChI=1S/C7H16O3P/c1-3-7(4-2)11(9)10-6-5-8/h7-8H,3-6H2,1-2H3/q+1. The summed E-state index contributed by atoms with van der Waals surface area (Å²) in [5, 5.41) is 8.39. The second-order valence-electron chi connectivity index (χ2n) is 2.31. The van der Waals surface area contributed by atoms with E-state index in [2.05, 4.69) is 0 Å². The maximum Gasteiger partial charge on any atom is 0.511 e. The third kappa shape index (κ3) is 4.46. The van der Waals surface area contributed by atoms with E-state index in [0.717, 1.165) is 12.8 Å². The molecule has 0 radical (unpaired) electrons. The van der Waals surface area contributed by atoms with E-state index < -0.39 is 8.03 Å². The van der Waals surface area contributed by atoms with Gasteiger partial charge in [-0.25, -0.2) is 0 Å². The van der Waals surface area contributed by atoms with Gasteiger partial charge in [0.25, 0.3) is 0 Å². The SMILES string of the molecule is CCC(CC)[P+](=O)OCCO. The number of aliphatic hydroxyl groups excluding tert-OH is 1. The molecule has 0 aliphatic heterocycles. The first-order chi connectivity index (χ1) is 5.26. The lowest BCUT2D eigenvalue weighted by Gasteiger charge is -1.97. The van der Waals surface area contributed by atoms with Crippen LogP contribution in [0.15, 0.2) is 0 Å². The average molecular weight is 179 g/mol. The molecule has 0 aliphatic carbocycles. The molecule has 0 spiro atoms. The van der Waals surface area contributed by atoms with Gasteiger partial charge in [0, 0.05) is 0 Å². The predicted octanol–water partition coefficient (Wildman–Crippen LogP) is 1.93. The largest absolute Gasteiger partial charge is 0.511 e. The summed E-state index contributed by atoms with van der Waals surface area (Å²) in [5.74, 6) is 0. The van der Waals surface area contributed by atoms with Gasteiger partial charge in [0.05, 0.1) is 6.61 Å². The Kier molecular flexibility index (Phi) is 6.73. The van der Waals surface area contributed by atoms with E-state index in [9.17, 15) is 4.57 Å². The van der Waals surface area contributed by atoms with E-state index in [1.54, 1.807) is 0 Å². The van der Waals surface area contributed by atoms with Crippen LogP contribution in [0.25, 0.3) is 0 Å². The van der Waals surface area contributed by atoms with Crippen molar-refractivity contribution in [2.45, 2.75) is 32.3 Å². The summed E-state index contributed by atoms with van der Waals surface area (Å²) in [7, 11) is -1.56. The Balaban J connectivity index is 3.61. The van der Waals surface area contributed by atoms with Gasteiger partial charge in [0.2, 0.25) is 0 Å². The van der Waals surface area contributed by atoms with Gasteiger partial charge in [-0.05, 0) is 17.4 Å². The van der Waals surface area contributed by atoms with Crippen molar-refractivity contribution in [3.05, 3.63) is 0 Å². The quantitative estimate of drug-likeness (QED) is 0.633. The van der Waals surface area contributed by atoms with Crippen LogP contribution in [0.1, 0.15) is 26.7 Å². The molecule has 0 saturated carbocycles. The van der Waals surface area contributed by atoms with Crippen molar-refractivity contribution >= 4 is 8.03 Å². The maximum absolute atomic E-state index is 11.2. The van der Waals surface area contributed by atoms with Gasteiger partial charge in [0.15, 0.2) is 5.66 Å². The number of hydrogen-bond acceptors (Lipinski definition) is 3. The highest BCUT2D eigenvalue weighted by molar-refractivity contribution is 7.40. The summed E-state index contributed by atoms with van der Waals surface area (Å²) in [4.78, 5) is 0. The smallest absolute Gasteiger partial charge is 0.394 e. The van der Waals surface area contributed by atoms with E-state index in [1.165, 1.54) is 0 Å². The molecule has 0 saturated heterocycles. The van der Waals surface area contributed by atoms with Crippen molar-refractivity contribution in [1.29, 1.82) is 0 Å². The van der Waals surface area contributed by atoms with Gasteiger partial charge < -0.3 is 5.11 Å². The Labute approximate surface area is 68.6 Å². The van der Waals surface area contributed by atoms with Gasteiger partial charge in [-0.3, -0.25) is 0 Å². The van der Waals surface area contributed by atoms with Crippen molar-refractivity contribution in [1.82, 2.24) is 0 Å². The zero-order valence-corrected chi connectivity index (χ0v) is 8.01. The van der Waals surface area contributed by atoms with Crippen molar-refractivity contribution in [3.8, 4) is 0 Å². The van der Waals surface area contributed by atoms with Crippen LogP contribution in [0, 0.1) is 0 Å². The number of rotatable bonds is 6. The fourth-order valence-corrected chi connectivity index (χ4v) is 1.89. The molecule has 1 unspecified atom stereocenters. The van der Waals surface area contributed by atoms with Crippen molar-refractivity contribution in [2.75, 3.05) is 13.2 Å². The number of aliphatic hydroxyl groups is 1. The fourth-order valence-electron chi connectivity index (χ4n) is 0.823. The molecule has 0 aromatic heterocycles. The summed E-state index contributed by atoms with van der Waals surface area (Å²) in [6, 6.07) is 0. The van der Waals surface area contributed by atoms with Crippen molar-refractivity contribution < 1.29 is 14.2 Å². The summed E-state index contributed by atoms with van der Waals surface area (Å²) in [6.45, 7) is 4.11. The molecule has 66 valence electrons. The van der Waals surface area contributed by atoms with E-state index in [-0.39, 0.29) is 18.9 Å². The second-order valence-corrected chi connectivity index (χ2v) is 3.87. The lowest BCUT2D eigenvalue weighted by atomic mass is 10.3. The van der Waals surface area contributed by atoms with E-state index in [1.807, 2.05) is 13.8 Å². The molecular formula is C7H16O3P+. The molecule has 0 amide bonds. The van der Waals surface area contributed by atoms with Crippen LogP contribution < -0.4 is 0 Å².